The van der Waals surface area contributed by atoms with Gasteiger partial charge >= 0.3 is 0 Å². The van der Waals surface area contributed by atoms with E-state index in [1.165, 1.54) is 4.57 Å². The highest BCUT2D eigenvalue weighted by atomic mass is 16.1. The molecule has 0 bridgehead atoms. The Labute approximate surface area is 177 Å². The van der Waals surface area contributed by atoms with Crippen LogP contribution < -0.4 is 10.9 Å². The van der Waals surface area contributed by atoms with Gasteiger partial charge in [0.1, 0.15) is 11.3 Å². The highest BCUT2D eigenvalue weighted by Gasteiger charge is 2.15. The van der Waals surface area contributed by atoms with Crippen LogP contribution in [-0.2, 0) is 7.05 Å². The van der Waals surface area contributed by atoms with Crippen molar-refractivity contribution in [3.8, 4) is 11.3 Å². The first kappa shape index (κ1) is 18.7. The minimum absolute atomic E-state index is 0.0997. The van der Waals surface area contributed by atoms with Crippen molar-refractivity contribution in [2.45, 2.75) is 6.92 Å². The van der Waals surface area contributed by atoms with Crippen LogP contribution in [0.2, 0.25) is 0 Å². The lowest BCUT2D eigenvalue weighted by Crippen LogP contribution is -2.17. The van der Waals surface area contributed by atoms with Gasteiger partial charge in [-0.25, -0.2) is 4.98 Å². The molecular formula is C24H19N5O2. The van der Waals surface area contributed by atoms with Crippen molar-refractivity contribution in [2.75, 3.05) is 5.32 Å². The SMILES string of the molecule is Cc1ccc(NC(=O)c2ccc3cnccc3c2)nc1-c1cn(C)c(=O)c2[nH]ccc12. The van der Waals surface area contributed by atoms with Gasteiger partial charge < -0.3 is 14.9 Å². The molecule has 1 amide bonds. The zero-order chi connectivity index (χ0) is 21.5. The second kappa shape index (κ2) is 7.21. The summed E-state index contributed by atoms with van der Waals surface area (Å²) in [6.45, 7) is 1.95. The smallest absolute Gasteiger partial charge is 0.274 e. The number of carbonyl (C=O) groups is 1. The highest BCUT2D eigenvalue weighted by Crippen LogP contribution is 2.28. The van der Waals surface area contributed by atoms with Crippen molar-refractivity contribution in [3.05, 3.63) is 88.7 Å². The first-order valence-corrected chi connectivity index (χ1v) is 9.81. The molecule has 31 heavy (non-hydrogen) atoms. The molecule has 0 aliphatic heterocycles. The molecule has 0 saturated carbocycles. The fourth-order valence-electron chi connectivity index (χ4n) is 3.74. The van der Waals surface area contributed by atoms with Gasteiger partial charge in [0.05, 0.1) is 5.69 Å². The second-order valence-corrected chi connectivity index (χ2v) is 7.48. The summed E-state index contributed by atoms with van der Waals surface area (Å²) >= 11 is 0. The van der Waals surface area contributed by atoms with Crippen molar-refractivity contribution in [3.63, 3.8) is 0 Å². The average molecular weight is 409 g/mol. The molecule has 4 aromatic heterocycles. The normalized spacial score (nSPS) is 11.2. The Morgan fingerprint density at radius 3 is 2.84 bits per heavy atom. The predicted molar refractivity (Wildman–Crippen MR) is 121 cm³/mol. The van der Waals surface area contributed by atoms with Crippen LogP contribution >= 0.6 is 0 Å². The van der Waals surface area contributed by atoms with Gasteiger partial charge in [-0.2, -0.15) is 0 Å². The van der Waals surface area contributed by atoms with Crippen LogP contribution in [0.15, 0.2) is 72.0 Å². The summed E-state index contributed by atoms with van der Waals surface area (Å²) < 4.78 is 1.53. The number of amides is 1. The molecule has 2 N–H and O–H groups in total. The number of benzene rings is 1. The number of anilines is 1. The molecule has 1 aromatic carbocycles. The number of fused-ring (bicyclic) bond motifs is 2. The van der Waals surface area contributed by atoms with Gasteiger partial charge in [-0.15, -0.1) is 0 Å². The fourth-order valence-corrected chi connectivity index (χ4v) is 3.74. The molecule has 7 heteroatoms. The summed E-state index contributed by atoms with van der Waals surface area (Å²) in [6.07, 6.45) is 6.98. The average Bonchev–Trinajstić information content (AvgIpc) is 3.27. The maximum Gasteiger partial charge on any atom is 0.274 e. The van der Waals surface area contributed by atoms with Gasteiger partial charge in [0.2, 0.25) is 0 Å². The first-order chi connectivity index (χ1) is 15.0. The van der Waals surface area contributed by atoms with E-state index in [1.54, 1.807) is 44.0 Å². The number of nitrogens with one attached hydrogen (secondary N) is 2. The Kier molecular flexibility index (Phi) is 4.36. The quantitative estimate of drug-likeness (QED) is 0.470. The topological polar surface area (TPSA) is 92.7 Å². The second-order valence-electron chi connectivity index (χ2n) is 7.48. The Hall–Kier alpha value is -4.26. The fraction of sp³-hybridized carbons (Fsp3) is 0.0833. The number of aryl methyl sites for hydroxylation is 2. The molecule has 0 radical (unpaired) electrons. The van der Waals surface area contributed by atoms with Crippen LogP contribution in [-0.4, -0.2) is 25.4 Å². The zero-order valence-corrected chi connectivity index (χ0v) is 17.0. The van der Waals surface area contributed by atoms with E-state index in [0.29, 0.717) is 22.6 Å². The van der Waals surface area contributed by atoms with Gasteiger partial charge in [-0.3, -0.25) is 14.6 Å². The van der Waals surface area contributed by atoms with E-state index in [2.05, 4.69) is 15.3 Å². The number of hydrogen-bond acceptors (Lipinski definition) is 4. The van der Waals surface area contributed by atoms with Crippen molar-refractivity contribution in [1.29, 1.82) is 0 Å². The lowest BCUT2D eigenvalue weighted by Gasteiger charge is -2.12. The molecule has 7 nitrogen and oxygen atoms in total. The zero-order valence-electron chi connectivity index (χ0n) is 17.0. The predicted octanol–water partition coefficient (Wildman–Crippen LogP) is 4.04. The minimum Gasteiger partial charge on any atom is -0.357 e. The molecule has 0 spiro atoms. The van der Waals surface area contributed by atoms with Crippen LogP contribution in [0.3, 0.4) is 0 Å². The van der Waals surface area contributed by atoms with Crippen LogP contribution in [0.1, 0.15) is 15.9 Å². The number of rotatable bonds is 3. The molecule has 4 heterocycles. The number of H-pyrrole nitrogens is 1. The molecule has 0 atom stereocenters. The third-order valence-electron chi connectivity index (χ3n) is 5.39. The number of pyridine rings is 3. The maximum atomic E-state index is 12.8. The van der Waals surface area contributed by atoms with Crippen LogP contribution in [0.4, 0.5) is 5.82 Å². The standard InChI is InChI=1S/C24H19N5O2/c1-14-3-6-20(28-23(30)16-4-5-17-12-25-9-7-15(17)11-16)27-21(14)19-13-29(2)24(31)22-18(19)8-10-26-22/h3-13,26H,1-2H3,(H,27,28,30). The van der Waals surface area contributed by atoms with Gasteiger partial charge in [0, 0.05) is 53.7 Å². The third kappa shape index (κ3) is 3.26. The van der Waals surface area contributed by atoms with Crippen molar-refractivity contribution in [1.82, 2.24) is 19.5 Å². The number of carbonyl (C=O) groups excluding carboxylic acids is 1. The van der Waals surface area contributed by atoms with E-state index in [1.807, 2.05) is 37.3 Å². The summed E-state index contributed by atoms with van der Waals surface area (Å²) in [4.78, 5) is 37.0. The third-order valence-corrected chi connectivity index (χ3v) is 5.39. The maximum absolute atomic E-state index is 12.8. The number of nitrogens with zero attached hydrogens (tertiary/aromatic N) is 3. The van der Waals surface area contributed by atoms with E-state index in [-0.39, 0.29) is 11.5 Å². The number of hydrogen-bond donors (Lipinski definition) is 2. The molecule has 152 valence electrons. The van der Waals surface area contributed by atoms with Crippen LogP contribution in [0.25, 0.3) is 32.9 Å². The van der Waals surface area contributed by atoms with Crippen LogP contribution in [0.5, 0.6) is 0 Å². The highest BCUT2D eigenvalue weighted by molar-refractivity contribution is 6.06. The molecule has 0 unspecified atom stereocenters. The largest absolute Gasteiger partial charge is 0.357 e. The summed E-state index contributed by atoms with van der Waals surface area (Å²) in [6, 6.07) is 12.9. The van der Waals surface area contributed by atoms with Crippen LogP contribution in [0, 0.1) is 6.92 Å². The van der Waals surface area contributed by atoms with Gasteiger partial charge in [0.15, 0.2) is 0 Å². The van der Waals surface area contributed by atoms with Gasteiger partial charge in [0.25, 0.3) is 11.5 Å². The molecule has 0 saturated heterocycles. The lowest BCUT2D eigenvalue weighted by atomic mass is 10.0. The Balaban J connectivity index is 1.53. The van der Waals surface area contributed by atoms with Crippen molar-refractivity contribution >= 4 is 33.4 Å². The summed E-state index contributed by atoms with van der Waals surface area (Å²) in [5, 5.41) is 5.60. The summed E-state index contributed by atoms with van der Waals surface area (Å²) in [5.41, 5.74) is 3.45. The van der Waals surface area contributed by atoms with E-state index < -0.39 is 0 Å². The van der Waals surface area contributed by atoms with Crippen molar-refractivity contribution < 1.29 is 4.79 Å². The molecule has 0 aliphatic rings. The summed E-state index contributed by atoms with van der Waals surface area (Å²) in [7, 11) is 1.71. The first-order valence-electron chi connectivity index (χ1n) is 9.81. The minimum atomic E-state index is -0.242. The molecule has 5 aromatic rings. The summed E-state index contributed by atoms with van der Waals surface area (Å²) in [5.74, 6) is 0.200. The molecule has 0 fully saturated rings. The lowest BCUT2D eigenvalue weighted by molar-refractivity contribution is 0.102. The molecule has 5 rings (SSSR count). The van der Waals surface area contributed by atoms with E-state index in [4.69, 9.17) is 4.98 Å². The Bertz CT molecular complexity index is 1530. The van der Waals surface area contributed by atoms with Gasteiger partial charge in [-0.05, 0) is 48.2 Å². The number of aromatic nitrogens is 4. The van der Waals surface area contributed by atoms with E-state index >= 15 is 0 Å². The van der Waals surface area contributed by atoms with Gasteiger partial charge in [-0.1, -0.05) is 12.1 Å². The van der Waals surface area contributed by atoms with E-state index in [9.17, 15) is 9.59 Å². The number of aromatic amines is 1. The molecule has 0 aliphatic carbocycles. The Morgan fingerprint density at radius 1 is 1.10 bits per heavy atom. The van der Waals surface area contributed by atoms with Crippen molar-refractivity contribution in [2.24, 2.45) is 7.05 Å². The Morgan fingerprint density at radius 2 is 1.97 bits per heavy atom. The monoisotopic (exact) mass is 409 g/mol. The molecular weight excluding hydrogens is 390 g/mol. The van der Waals surface area contributed by atoms with E-state index in [0.717, 1.165) is 27.3 Å².